The molecule has 0 radical (unpaired) electrons. The average Bonchev–Trinajstić information content (AvgIpc) is 2.82. The molecule has 2 aromatic rings. The zero-order chi connectivity index (χ0) is 16.3. The van der Waals surface area contributed by atoms with E-state index in [1.807, 2.05) is 52.8 Å². The summed E-state index contributed by atoms with van der Waals surface area (Å²) in [6.07, 6.45) is 0. The van der Waals surface area contributed by atoms with Crippen LogP contribution in [0.1, 0.15) is 31.9 Å². The highest BCUT2D eigenvalue weighted by molar-refractivity contribution is 7.99. The van der Waals surface area contributed by atoms with E-state index in [9.17, 15) is 4.79 Å². The van der Waals surface area contributed by atoms with Crippen LogP contribution >= 0.6 is 11.8 Å². The van der Waals surface area contributed by atoms with E-state index in [1.165, 1.54) is 11.8 Å². The van der Waals surface area contributed by atoms with E-state index in [1.54, 1.807) is 4.68 Å². The zero-order valence-electron chi connectivity index (χ0n) is 13.5. The lowest BCUT2D eigenvalue weighted by atomic mass is 10.1. The Morgan fingerprint density at radius 2 is 1.91 bits per heavy atom. The van der Waals surface area contributed by atoms with Gasteiger partial charge in [-0.05, 0) is 56.2 Å². The van der Waals surface area contributed by atoms with Gasteiger partial charge in [-0.1, -0.05) is 30.0 Å². The van der Waals surface area contributed by atoms with E-state index in [2.05, 4.69) is 15.5 Å². The molecular formula is C15H20N4O2S. The Kier molecular flexibility index (Phi) is 4.85. The Hall–Kier alpha value is -1.89. The van der Waals surface area contributed by atoms with Crippen LogP contribution in [-0.2, 0) is 9.53 Å². The van der Waals surface area contributed by atoms with Gasteiger partial charge in [-0.25, -0.2) is 0 Å². The number of hydrogen-bond donors (Lipinski definition) is 0. The van der Waals surface area contributed by atoms with Crippen molar-refractivity contribution in [1.29, 1.82) is 0 Å². The van der Waals surface area contributed by atoms with E-state index in [0.717, 1.165) is 16.8 Å². The van der Waals surface area contributed by atoms with Gasteiger partial charge in [0, 0.05) is 0 Å². The average molecular weight is 320 g/mol. The van der Waals surface area contributed by atoms with Crippen LogP contribution in [0.5, 0.6) is 0 Å². The molecule has 1 heterocycles. The molecule has 7 heteroatoms. The lowest BCUT2D eigenvalue weighted by Crippen LogP contribution is -2.25. The van der Waals surface area contributed by atoms with Gasteiger partial charge in [-0.3, -0.25) is 4.79 Å². The first kappa shape index (κ1) is 16.5. The number of carbonyl (C=O) groups is 1. The minimum atomic E-state index is -0.490. The van der Waals surface area contributed by atoms with Crippen molar-refractivity contribution in [3.05, 3.63) is 29.3 Å². The number of rotatable bonds is 4. The molecule has 0 saturated heterocycles. The Morgan fingerprint density at radius 1 is 1.27 bits per heavy atom. The summed E-state index contributed by atoms with van der Waals surface area (Å²) in [7, 11) is 0. The second-order valence-electron chi connectivity index (χ2n) is 5.99. The molecule has 22 heavy (non-hydrogen) atoms. The molecule has 0 N–H and O–H groups in total. The van der Waals surface area contributed by atoms with Crippen molar-refractivity contribution < 1.29 is 9.53 Å². The Labute approximate surface area is 134 Å². The molecule has 0 aliphatic carbocycles. The van der Waals surface area contributed by atoms with E-state index < -0.39 is 5.60 Å². The Morgan fingerprint density at radius 3 is 2.50 bits per heavy atom. The molecule has 0 fully saturated rings. The van der Waals surface area contributed by atoms with Crippen LogP contribution in [0.3, 0.4) is 0 Å². The lowest BCUT2D eigenvalue weighted by Gasteiger charge is -2.19. The number of carbonyl (C=O) groups excluding carboxylic acids is 1. The first-order valence-electron chi connectivity index (χ1n) is 6.97. The van der Waals surface area contributed by atoms with E-state index in [-0.39, 0.29) is 11.7 Å². The Balaban J connectivity index is 2.16. The van der Waals surface area contributed by atoms with Crippen molar-refractivity contribution >= 4 is 17.7 Å². The normalized spacial score (nSPS) is 11.5. The summed E-state index contributed by atoms with van der Waals surface area (Å²) < 4.78 is 6.96. The van der Waals surface area contributed by atoms with Crippen LogP contribution in [-0.4, -0.2) is 37.5 Å². The van der Waals surface area contributed by atoms with E-state index >= 15 is 0 Å². The van der Waals surface area contributed by atoms with E-state index in [0.29, 0.717) is 5.16 Å². The molecule has 0 aliphatic rings. The molecule has 1 aromatic heterocycles. The fourth-order valence-electron chi connectivity index (χ4n) is 2.04. The fraction of sp³-hybridized carbons (Fsp3) is 0.467. The number of tetrazole rings is 1. The molecule has 1 aromatic carbocycles. The minimum absolute atomic E-state index is 0.169. The number of thioether (sulfide) groups is 1. The number of benzene rings is 1. The first-order valence-corrected chi connectivity index (χ1v) is 7.96. The predicted molar refractivity (Wildman–Crippen MR) is 85.2 cm³/mol. The molecule has 2 rings (SSSR count). The van der Waals surface area contributed by atoms with Crippen molar-refractivity contribution in [2.75, 3.05) is 5.75 Å². The summed E-state index contributed by atoms with van der Waals surface area (Å²) in [5.41, 5.74) is 2.60. The molecule has 0 spiro atoms. The fourth-order valence-corrected chi connectivity index (χ4v) is 2.69. The van der Waals surface area contributed by atoms with Gasteiger partial charge >= 0.3 is 5.97 Å². The topological polar surface area (TPSA) is 69.9 Å². The summed E-state index contributed by atoms with van der Waals surface area (Å²) in [5, 5.41) is 12.3. The van der Waals surface area contributed by atoms with Crippen LogP contribution in [0.15, 0.2) is 23.4 Å². The molecule has 6 nitrogen and oxygen atoms in total. The van der Waals surface area contributed by atoms with Gasteiger partial charge in [0.25, 0.3) is 0 Å². The van der Waals surface area contributed by atoms with Gasteiger partial charge in [0.15, 0.2) is 0 Å². The summed E-state index contributed by atoms with van der Waals surface area (Å²) in [4.78, 5) is 11.8. The Bertz CT molecular complexity index is 656. The molecule has 0 bridgehead atoms. The third-order valence-corrected chi connectivity index (χ3v) is 3.72. The van der Waals surface area contributed by atoms with Gasteiger partial charge in [-0.2, -0.15) is 4.68 Å². The highest BCUT2D eigenvalue weighted by atomic mass is 32.2. The summed E-state index contributed by atoms with van der Waals surface area (Å²) in [6, 6.07) is 6.00. The summed E-state index contributed by atoms with van der Waals surface area (Å²) in [5.74, 6) is -0.115. The van der Waals surface area contributed by atoms with Crippen LogP contribution in [0.25, 0.3) is 5.69 Å². The monoisotopic (exact) mass is 320 g/mol. The SMILES string of the molecule is Cc1cccc(C)c1-n1nnnc1SCC(=O)OC(C)(C)C. The molecular weight excluding hydrogens is 300 g/mol. The molecule has 0 saturated carbocycles. The van der Waals surface area contributed by atoms with Crippen LogP contribution in [0.2, 0.25) is 0 Å². The second kappa shape index (κ2) is 6.48. The third-order valence-electron chi connectivity index (χ3n) is 2.83. The number of nitrogens with zero attached hydrogens (tertiary/aromatic N) is 4. The number of aryl methyl sites for hydroxylation is 2. The van der Waals surface area contributed by atoms with Crippen LogP contribution < -0.4 is 0 Å². The van der Waals surface area contributed by atoms with Crippen LogP contribution in [0, 0.1) is 13.8 Å². The van der Waals surface area contributed by atoms with Gasteiger partial charge < -0.3 is 4.74 Å². The van der Waals surface area contributed by atoms with E-state index in [4.69, 9.17) is 4.74 Å². The maximum absolute atomic E-state index is 11.8. The third kappa shape index (κ3) is 4.07. The van der Waals surface area contributed by atoms with Crippen molar-refractivity contribution in [3.8, 4) is 5.69 Å². The quantitative estimate of drug-likeness (QED) is 0.637. The number of hydrogen-bond acceptors (Lipinski definition) is 6. The lowest BCUT2D eigenvalue weighted by molar-refractivity contribution is -0.151. The molecule has 0 unspecified atom stereocenters. The van der Waals surface area contributed by atoms with Crippen LogP contribution in [0.4, 0.5) is 0 Å². The van der Waals surface area contributed by atoms with Gasteiger partial charge in [0.05, 0.1) is 11.4 Å². The highest BCUT2D eigenvalue weighted by Crippen LogP contribution is 2.23. The number of aromatic nitrogens is 4. The standard InChI is InChI=1S/C15H20N4O2S/c1-10-7-6-8-11(2)13(10)19-14(16-17-18-19)22-9-12(20)21-15(3,4)5/h6-8H,9H2,1-5H3. The highest BCUT2D eigenvalue weighted by Gasteiger charge is 2.19. The van der Waals surface area contributed by atoms with Gasteiger partial charge in [-0.15, -0.1) is 5.10 Å². The maximum atomic E-state index is 11.8. The number of ether oxygens (including phenoxy) is 1. The second-order valence-corrected chi connectivity index (χ2v) is 6.93. The van der Waals surface area contributed by atoms with Crippen molar-refractivity contribution in [3.63, 3.8) is 0 Å². The minimum Gasteiger partial charge on any atom is -0.459 e. The number of esters is 1. The maximum Gasteiger partial charge on any atom is 0.316 e. The molecule has 0 aliphatic heterocycles. The molecule has 0 amide bonds. The van der Waals surface area contributed by atoms with Crippen molar-refractivity contribution in [2.45, 2.75) is 45.4 Å². The van der Waals surface area contributed by atoms with Gasteiger partial charge in [0.2, 0.25) is 5.16 Å². The largest absolute Gasteiger partial charge is 0.459 e. The molecule has 118 valence electrons. The van der Waals surface area contributed by atoms with Gasteiger partial charge in [0.1, 0.15) is 5.60 Å². The number of para-hydroxylation sites is 1. The predicted octanol–water partition coefficient (Wildman–Crippen LogP) is 2.71. The first-order chi connectivity index (χ1) is 10.3. The smallest absolute Gasteiger partial charge is 0.316 e. The summed E-state index contributed by atoms with van der Waals surface area (Å²) in [6.45, 7) is 9.54. The zero-order valence-corrected chi connectivity index (χ0v) is 14.3. The van der Waals surface area contributed by atoms with Crippen molar-refractivity contribution in [1.82, 2.24) is 20.2 Å². The summed E-state index contributed by atoms with van der Waals surface area (Å²) >= 11 is 1.27. The van der Waals surface area contributed by atoms with Crippen molar-refractivity contribution in [2.24, 2.45) is 0 Å². The molecule has 0 atom stereocenters.